The van der Waals surface area contributed by atoms with E-state index in [1.807, 2.05) is 36.9 Å². The van der Waals surface area contributed by atoms with Crippen LogP contribution in [0.2, 0.25) is 5.02 Å². The monoisotopic (exact) mass is 400 g/mol. The van der Waals surface area contributed by atoms with E-state index in [4.69, 9.17) is 11.6 Å². The van der Waals surface area contributed by atoms with E-state index >= 15 is 0 Å². The van der Waals surface area contributed by atoms with Crippen molar-refractivity contribution >= 4 is 29.2 Å². The Kier molecular flexibility index (Phi) is 6.52. The van der Waals surface area contributed by atoms with Gasteiger partial charge in [0.15, 0.2) is 0 Å². The molecule has 1 aromatic heterocycles. The number of halogens is 1. The van der Waals surface area contributed by atoms with Gasteiger partial charge in [0.05, 0.1) is 0 Å². The van der Waals surface area contributed by atoms with Gasteiger partial charge in [-0.1, -0.05) is 31.5 Å². The quantitative estimate of drug-likeness (QED) is 0.838. The Balaban J connectivity index is 1.62. The van der Waals surface area contributed by atoms with Gasteiger partial charge in [0.25, 0.3) is 5.91 Å². The van der Waals surface area contributed by atoms with Crippen molar-refractivity contribution in [3.8, 4) is 0 Å². The average molecular weight is 401 g/mol. The number of carbonyl (C=O) groups excluding carboxylic acids is 2. The maximum atomic E-state index is 13.1. The van der Waals surface area contributed by atoms with Crippen LogP contribution in [-0.2, 0) is 4.79 Å². The van der Waals surface area contributed by atoms with Crippen molar-refractivity contribution in [2.45, 2.75) is 19.9 Å². The van der Waals surface area contributed by atoms with Crippen LogP contribution in [0.1, 0.15) is 24.2 Å². The Hall–Kier alpha value is -2.60. The van der Waals surface area contributed by atoms with Crippen LogP contribution < -0.4 is 10.2 Å². The molecule has 1 saturated heterocycles. The summed E-state index contributed by atoms with van der Waals surface area (Å²) in [5.41, 5.74) is 0.489. The fraction of sp³-hybridized carbons (Fsp3) is 0.381. The topological polar surface area (TPSA) is 65.5 Å². The fourth-order valence-corrected chi connectivity index (χ4v) is 3.36. The zero-order chi connectivity index (χ0) is 20.1. The maximum Gasteiger partial charge on any atom is 0.251 e. The lowest BCUT2D eigenvalue weighted by molar-refractivity contribution is -0.134. The molecule has 1 N–H and O–H groups in total. The van der Waals surface area contributed by atoms with Crippen molar-refractivity contribution in [3.05, 3.63) is 59.2 Å². The molecule has 0 radical (unpaired) electrons. The molecule has 1 atom stereocenters. The number of nitrogens with one attached hydrogen (secondary N) is 1. The SMILES string of the molecule is CC(C)C(NC(=O)c1ccc(Cl)cc1)C(=O)N1CCN(c2ccccn2)CC1. The molecule has 0 spiro atoms. The molecule has 28 heavy (non-hydrogen) atoms. The molecule has 1 fully saturated rings. The third kappa shape index (κ3) is 4.81. The number of anilines is 1. The van der Waals surface area contributed by atoms with Crippen molar-refractivity contribution in [2.24, 2.45) is 5.92 Å². The summed E-state index contributed by atoms with van der Waals surface area (Å²) in [7, 11) is 0. The molecular weight excluding hydrogens is 376 g/mol. The molecule has 3 rings (SSSR count). The predicted molar refractivity (Wildman–Crippen MR) is 111 cm³/mol. The highest BCUT2D eigenvalue weighted by atomic mass is 35.5. The molecule has 1 aromatic carbocycles. The average Bonchev–Trinajstić information content (AvgIpc) is 2.72. The number of hydrogen-bond acceptors (Lipinski definition) is 4. The first-order chi connectivity index (χ1) is 13.5. The highest BCUT2D eigenvalue weighted by Crippen LogP contribution is 2.16. The van der Waals surface area contributed by atoms with Crippen molar-refractivity contribution in [2.75, 3.05) is 31.1 Å². The number of rotatable bonds is 5. The van der Waals surface area contributed by atoms with Gasteiger partial charge in [-0.3, -0.25) is 9.59 Å². The number of hydrogen-bond donors (Lipinski definition) is 1. The first-order valence-electron chi connectivity index (χ1n) is 9.47. The second-order valence-electron chi connectivity index (χ2n) is 7.20. The van der Waals surface area contributed by atoms with Crippen molar-refractivity contribution in [1.82, 2.24) is 15.2 Å². The third-order valence-electron chi connectivity index (χ3n) is 4.89. The highest BCUT2D eigenvalue weighted by Gasteiger charge is 2.31. The van der Waals surface area contributed by atoms with Crippen molar-refractivity contribution < 1.29 is 9.59 Å². The minimum Gasteiger partial charge on any atom is -0.353 e. The number of pyridine rings is 1. The van der Waals surface area contributed by atoms with Crippen LogP contribution in [0.4, 0.5) is 5.82 Å². The number of aromatic nitrogens is 1. The number of carbonyl (C=O) groups is 2. The van der Waals surface area contributed by atoms with Gasteiger partial charge in [0, 0.05) is 43.0 Å². The summed E-state index contributed by atoms with van der Waals surface area (Å²) < 4.78 is 0. The Morgan fingerprint density at radius 1 is 1.04 bits per heavy atom. The van der Waals surface area contributed by atoms with Crippen LogP contribution in [0.15, 0.2) is 48.7 Å². The van der Waals surface area contributed by atoms with E-state index in [0.717, 1.165) is 18.9 Å². The molecule has 0 aliphatic carbocycles. The molecule has 1 aliphatic rings. The lowest BCUT2D eigenvalue weighted by atomic mass is 10.0. The van der Waals surface area contributed by atoms with Crippen LogP contribution in [0.25, 0.3) is 0 Å². The van der Waals surface area contributed by atoms with E-state index in [2.05, 4.69) is 15.2 Å². The van der Waals surface area contributed by atoms with Gasteiger partial charge >= 0.3 is 0 Å². The van der Waals surface area contributed by atoms with Crippen LogP contribution >= 0.6 is 11.6 Å². The summed E-state index contributed by atoms with van der Waals surface area (Å²) in [4.78, 5) is 34.0. The van der Waals surface area contributed by atoms with Gasteiger partial charge in [-0.15, -0.1) is 0 Å². The summed E-state index contributed by atoms with van der Waals surface area (Å²) in [6, 6.07) is 11.9. The molecule has 1 aliphatic heterocycles. The van der Waals surface area contributed by atoms with Gasteiger partial charge in [-0.2, -0.15) is 0 Å². The van der Waals surface area contributed by atoms with Gasteiger partial charge in [-0.05, 0) is 42.3 Å². The normalized spacial score (nSPS) is 15.4. The largest absolute Gasteiger partial charge is 0.353 e. The second kappa shape index (κ2) is 9.06. The Morgan fingerprint density at radius 3 is 2.29 bits per heavy atom. The third-order valence-corrected chi connectivity index (χ3v) is 5.14. The van der Waals surface area contributed by atoms with Crippen molar-refractivity contribution in [3.63, 3.8) is 0 Å². The first kappa shape index (κ1) is 20.1. The molecular formula is C21H25ClN4O2. The second-order valence-corrected chi connectivity index (χ2v) is 7.64. The summed E-state index contributed by atoms with van der Waals surface area (Å²) in [6.45, 7) is 6.53. The Labute approximate surface area is 170 Å². The van der Waals surface area contributed by atoms with Crippen LogP contribution in [-0.4, -0.2) is 53.9 Å². The van der Waals surface area contributed by atoms with E-state index in [-0.39, 0.29) is 17.7 Å². The van der Waals surface area contributed by atoms with Crippen LogP contribution in [0.5, 0.6) is 0 Å². The number of benzene rings is 1. The predicted octanol–water partition coefficient (Wildman–Crippen LogP) is 2.84. The number of nitrogens with zero attached hydrogens (tertiary/aromatic N) is 3. The highest BCUT2D eigenvalue weighted by molar-refractivity contribution is 6.30. The lowest BCUT2D eigenvalue weighted by Crippen LogP contribution is -2.56. The Bertz CT molecular complexity index is 803. The van der Waals surface area contributed by atoms with E-state index in [9.17, 15) is 9.59 Å². The molecule has 1 unspecified atom stereocenters. The maximum absolute atomic E-state index is 13.1. The van der Waals surface area contributed by atoms with Gasteiger partial charge in [0.1, 0.15) is 11.9 Å². The van der Waals surface area contributed by atoms with E-state index < -0.39 is 6.04 Å². The lowest BCUT2D eigenvalue weighted by Gasteiger charge is -2.37. The van der Waals surface area contributed by atoms with Gasteiger partial charge < -0.3 is 15.1 Å². The summed E-state index contributed by atoms with van der Waals surface area (Å²) in [6.07, 6.45) is 1.77. The zero-order valence-electron chi connectivity index (χ0n) is 16.1. The van der Waals surface area contributed by atoms with Gasteiger partial charge in [-0.25, -0.2) is 4.98 Å². The molecule has 148 valence electrons. The van der Waals surface area contributed by atoms with E-state index in [1.54, 1.807) is 30.5 Å². The molecule has 0 bridgehead atoms. The molecule has 2 aromatic rings. The molecule has 0 saturated carbocycles. The van der Waals surface area contributed by atoms with E-state index in [1.165, 1.54) is 0 Å². The van der Waals surface area contributed by atoms with Crippen LogP contribution in [0.3, 0.4) is 0 Å². The fourth-order valence-electron chi connectivity index (χ4n) is 3.23. The van der Waals surface area contributed by atoms with Crippen molar-refractivity contribution in [1.29, 1.82) is 0 Å². The zero-order valence-corrected chi connectivity index (χ0v) is 16.9. The first-order valence-corrected chi connectivity index (χ1v) is 9.84. The molecule has 2 amide bonds. The Morgan fingerprint density at radius 2 is 1.71 bits per heavy atom. The minimum atomic E-state index is -0.565. The molecule has 6 nitrogen and oxygen atoms in total. The number of amides is 2. The standard InChI is InChI=1S/C21H25ClN4O2/c1-15(2)19(24-20(27)16-6-8-17(22)9-7-16)21(28)26-13-11-25(12-14-26)18-5-3-4-10-23-18/h3-10,15,19H,11-14H2,1-2H3,(H,24,27). The summed E-state index contributed by atoms with van der Waals surface area (Å²) >= 11 is 5.88. The van der Waals surface area contributed by atoms with Crippen LogP contribution in [0, 0.1) is 5.92 Å². The molecule has 2 heterocycles. The smallest absolute Gasteiger partial charge is 0.251 e. The summed E-state index contributed by atoms with van der Waals surface area (Å²) in [5.74, 6) is 0.595. The number of piperazine rings is 1. The summed E-state index contributed by atoms with van der Waals surface area (Å²) in [5, 5.41) is 3.46. The molecule has 7 heteroatoms. The van der Waals surface area contributed by atoms with Gasteiger partial charge in [0.2, 0.25) is 5.91 Å². The van der Waals surface area contributed by atoms with E-state index in [0.29, 0.717) is 23.7 Å². The minimum absolute atomic E-state index is 0.0161.